The first-order chi connectivity index (χ1) is 9.68. The summed E-state index contributed by atoms with van der Waals surface area (Å²) in [6, 6.07) is 0. The van der Waals surface area contributed by atoms with Crippen LogP contribution in [0.25, 0.3) is 0 Å². The number of nitrogens with one attached hydrogen (secondary N) is 1. The van der Waals surface area contributed by atoms with Crippen LogP contribution in [0.15, 0.2) is 0 Å². The summed E-state index contributed by atoms with van der Waals surface area (Å²) in [4.78, 5) is 23.5. The van der Waals surface area contributed by atoms with E-state index in [1.807, 2.05) is 0 Å². The van der Waals surface area contributed by atoms with Gasteiger partial charge >= 0.3 is 5.97 Å². The maximum absolute atomic E-state index is 12.1. The molecule has 1 saturated carbocycles. The second-order valence-electron chi connectivity index (χ2n) is 5.97. The predicted molar refractivity (Wildman–Crippen MR) is 74.3 cm³/mol. The SMILES string of the molecule is O=C(NCC(C(=O)O)C1CCOCC1)C1CCCCC1. The molecule has 0 spiro atoms. The van der Waals surface area contributed by atoms with Crippen molar-refractivity contribution in [3.63, 3.8) is 0 Å². The van der Waals surface area contributed by atoms with Crippen molar-refractivity contribution >= 4 is 11.9 Å². The van der Waals surface area contributed by atoms with Crippen molar-refractivity contribution in [1.82, 2.24) is 5.32 Å². The Morgan fingerprint density at radius 3 is 2.35 bits per heavy atom. The third kappa shape index (κ3) is 4.20. The summed E-state index contributed by atoms with van der Waals surface area (Å²) in [6.45, 7) is 1.52. The molecule has 1 unspecified atom stereocenters. The Hall–Kier alpha value is -1.10. The Balaban J connectivity index is 1.81. The van der Waals surface area contributed by atoms with Crippen molar-refractivity contribution in [2.24, 2.45) is 17.8 Å². The largest absolute Gasteiger partial charge is 0.481 e. The molecule has 0 bridgehead atoms. The van der Waals surface area contributed by atoms with Gasteiger partial charge in [-0.1, -0.05) is 19.3 Å². The van der Waals surface area contributed by atoms with Gasteiger partial charge in [0.1, 0.15) is 0 Å². The standard InChI is InChI=1S/C15H25NO4/c17-14(12-4-2-1-3-5-12)16-10-13(15(18)19)11-6-8-20-9-7-11/h11-13H,1-10H2,(H,16,17)(H,18,19). The van der Waals surface area contributed by atoms with Crippen LogP contribution in [-0.4, -0.2) is 36.7 Å². The zero-order chi connectivity index (χ0) is 14.4. The maximum Gasteiger partial charge on any atom is 0.308 e. The minimum atomic E-state index is -0.805. The summed E-state index contributed by atoms with van der Waals surface area (Å²) in [7, 11) is 0. The quantitative estimate of drug-likeness (QED) is 0.807. The van der Waals surface area contributed by atoms with Crippen LogP contribution in [-0.2, 0) is 14.3 Å². The van der Waals surface area contributed by atoms with E-state index >= 15 is 0 Å². The molecule has 1 heterocycles. The first-order valence-corrected chi connectivity index (χ1v) is 7.76. The van der Waals surface area contributed by atoms with Gasteiger partial charge in [0.05, 0.1) is 5.92 Å². The van der Waals surface area contributed by atoms with Crippen molar-refractivity contribution in [2.75, 3.05) is 19.8 Å². The van der Waals surface area contributed by atoms with E-state index < -0.39 is 11.9 Å². The minimum Gasteiger partial charge on any atom is -0.481 e. The predicted octanol–water partition coefficient (Wildman–Crippen LogP) is 1.81. The number of rotatable bonds is 5. The van der Waals surface area contributed by atoms with Crippen molar-refractivity contribution in [3.8, 4) is 0 Å². The summed E-state index contributed by atoms with van der Waals surface area (Å²) in [5.74, 6) is -1.03. The average molecular weight is 283 g/mol. The number of carbonyl (C=O) groups excluding carboxylic acids is 1. The normalized spacial score (nSPS) is 23.2. The van der Waals surface area contributed by atoms with Crippen LogP contribution in [0.4, 0.5) is 0 Å². The van der Waals surface area contributed by atoms with Gasteiger partial charge in [-0.15, -0.1) is 0 Å². The molecule has 2 fully saturated rings. The smallest absolute Gasteiger partial charge is 0.308 e. The second-order valence-corrected chi connectivity index (χ2v) is 5.97. The Morgan fingerprint density at radius 1 is 1.10 bits per heavy atom. The van der Waals surface area contributed by atoms with Gasteiger partial charge in [-0.2, -0.15) is 0 Å². The molecule has 1 amide bonds. The molecule has 1 aliphatic heterocycles. The molecule has 114 valence electrons. The van der Waals surface area contributed by atoms with Gasteiger partial charge in [0.15, 0.2) is 0 Å². The molecular formula is C15H25NO4. The van der Waals surface area contributed by atoms with Gasteiger partial charge in [0.25, 0.3) is 0 Å². The highest BCUT2D eigenvalue weighted by molar-refractivity contribution is 5.79. The number of carboxylic acids is 1. The molecule has 0 aromatic carbocycles. The molecule has 1 aliphatic carbocycles. The van der Waals surface area contributed by atoms with E-state index in [1.54, 1.807) is 0 Å². The molecule has 2 rings (SSSR count). The zero-order valence-electron chi connectivity index (χ0n) is 12.0. The topological polar surface area (TPSA) is 75.6 Å². The van der Waals surface area contributed by atoms with E-state index in [1.165, 1.54) is 6.42 Å². The number of ether oxygens (including phenoxy) is 1. The van der Waals surface area contributed by atoms with Gasteiger partial charge in [-0.05, 0) is 31.6 Å². The zero-order valence-corrected chi connectivity index (χ0v) is 12.0. The molecule has 5 nitrogen and oxygen atoms in total. The highest BCUT2D eigenvalue weighted by atomic mass is 16.5. The molecule has 0 aromatic rings. The lowest BCUT2D eigenvalue weighted by Gasteiger charge is -2.28. The van der Waals surface area contributed by atoms with Crippen molar-refractivity contribution in [1.29, 1.82) is 0 Å². The fourth-order valence-corrected chi connectivity index (χ4v) is 3.29. The number of hydrogen-bond acceptors (Lipinski definition) is 3. The van der Waals surface area contributed by atoms with E-state index in [0.717, 1.165) is 38.5 Å². The minimum absolute atomic E-state index is 0.0445. The van der Waals surface area contributed by atoms with E-state index in [-0.39, 0.29) is 24.3 Å². The molecule has 1 saturated heterocycles. The number of carboxylic acid groups (broad SMARTS) is 1. The number of hydrogen-bond donors (Lipinski definition) is 2. The molecule has 20 heavy (non-hydrogen) atoms. The Kier molecular flexibility index (Phi) is 5.83. The molecule has 1 atom stereocenters. The second kappa shape index (κ2) is 7.62. The third-order valence-electron chi connectivity index (χ3n) is 4.62. The van der Waals surface area contributed by atoms with Crippen LogP contribution >= 0.6 is 0 Å². The van der Waals surface area contributed by atoms with Gasteiger partial charge in [-0.25, -0.2) is 0 Å². The number of amides is 1. The van der Waals surface area contributed by atoms with Crippen LogP contribution in [0.1, 0.15) is 44.9 Å². The summed E-state index contributed by atoms with van der Waals surface area (Å²) < 4.78 is 5.27. The summed E-state index contributed by atoms with van der Waals surface area (Å²) in [5.41, 5.74) is 0. The van der Waals surface area contributed by atoms with Crippen molar-refractivity contribution in [2.45, 2.75) is 44.9 Å². The van der Waals surface area contributed by atoms with Gasteiger partial charge in [0.2, 0.25) is 5.91 Å². The summed E-state index contributed by atoms with van der Waals surface area (Å²) in [5, 5.41) is 12.2. The van der Waals surface area contributed by atoms with Crippen LogP contribution < -0.4 is 5.32 Å². The Morgan fingerprint density at radius 2 is 1.75 bits per heavy atom. The van der Waals surface area contributed by atoms with Crippen molar-refractivity contribution < 1.29 is 19.4 Å². The lowest BCUT2D eigenvalue weighted by atomic mass is 9.85. The average Bonchev–Trinajstić information content (AvgIpc) is 2.49. The van der Waals surface area contributed by atoms with Crippen LogP contribution in [0.3, 0.4) is 0 Å². The van der Waals surface area contributed by atoms with E-state index in [0.29, 0.717) is 13.2 Å². The molecule has 0 aromatic heterocycles. The molecule has 0 radical (unpaired) electrons. The molecule has 2 aliphatic rings. The highest BCUT2D eigenvalue weighted by Gasteiger charge is 2.31. The van der Waals surface area contributed by atoms with Gasteiger partial charge < -0.3 is 15.2 Å². The first-order valence-electron chi connectivity index (χ1n) is 7.76. The van der Waals surface area contributed by atoms with E-state index in [9.17, 15) is 14.7 Å². The summed E-state index contributed by atoms with van der Waals surface area (Å²) in [6.07, 6.45) is 6.87. The van der Waals surface area contributed by atoms with Gasteiger partial charge in [0, 0.05) is 25.7 Å². The highest BCUT2D eigenvalue weighted by Crippen LogP contribution is 2.25. The first kappa shape index (κ1) is 15.3. The number of aliphatic carboxylic acids is 1. The monoisotopic (exact) mass is 283 g/mol. The van der Waals surface area contributed by atoms with E-state index in [2.05, 4.69) is 5.32 Å². The fourth-order valence-electron chi connectivity index (χ4n) is 3.29. The Labute approximate surface area is 120 Å². The number of carbonyl (C=O) groups is 2. The molecule has 5 heteroatoms. The third-order valence-corrected chi connectivity index (χ3v) is 4.62. The molecular weight excluding hydrogens is 258 g/mol. The van der Waals surface area contributed by atoms with Crippen LogP contribution in [0, 0.1) is 17.8 Å². The van der Waals surface area contributed by atoms with Gasteiger partial charge in [-0.3, -0.25) is 9.59 Å². The van der Waals surface area contributed by atoms with Crippen molar-refractivity contribution in [3.05, 3.63) is 0 Å². The van der Waals surface area contributed by atoms with E-state index in [4.69, 9.17) is 4.74 Å². The lowest BCUT2D eigenvalue weighted by Crippen LogP contribution is -2.41. The molecule has 2 N–H and O–H groups in total. The summed E-state index contributed by atoms with van der Waals surface area (Å²) >= 11 is 0. The van der Waals surface area contributed by atoms with Crippen LogP contribution in [0.2, 0.25) is 0 Å². The van der Waals surface area contributed by atoms with Crippen LogP contribution in [0.5, 0.6) is 0 Å². The fraction of sp³-hybridized carbons (Fsp3) is 0.867. The Bertz CT molecular complexity index is 333. The lowest BCUT2D eigenvalue weighted by molar-refractivity contribution is -0.145. The maximum atomic E-state index is 12.1.